The van der Waals surface area contributed by atoms with E-state index in [1.807, 2.05) is 24.1 Å². The van der Waals surface area contributed by atoms with Gasteiger partial charge in [0.1, 0.15) is 6.04 Å². The zero-order valence-electron chi connectivity index (χ0n) is 10.8. The fourth-order valence-corrected chi connectivity index (χ4v) is 1.79. The number of nitrogens with zero attached hydrogens (tertiary/aromatic N) is 1. The van der Waals surface area contributed by atoms with Crippen molar-refractivity contribution in [2.45, 2.75) is 32.7 Å². The van der Waals surface area contributed by atoms with Crippen molar-refractivity contribution in [3.05, 3.63) is 35.4 Å². The van der Waals surface area contributed by atoms with Crippen molar-refractivity contribution in [2.75, 3.05) is 13.6 Å². The molecule has 17 heavy (non-hydrogen) atoms. The van der Waals surface area contributed by atoms with Crippen LogP contribution < -0.4 is 0 Å². The van der Waals surface area contributed by atoms with Gasteiger partial charge in [-0.2, -0.15) is 0 Å². The van der Waals surface area contributed by atoms with Crippen LogP contribution in [0.2, 0.25) is 0 Å². The highest BCUT2D eigenvalue weighted by molar-refractivity contribution is 5.72. The number of benzene rings is 1. The molecular formula is C14H21NO2. The predicted molar refractivity (Wildman–Crippen MR) is 69.2 cm³/mol. The predicted octanol–water partition coefficient (Wildman–Crippen LogP) is 2.33. The maximum absolute atomic E-state index is 10.8. The van der Waals surface area contributed by atoms with E-state index in [1.165, 1.54) is 11.1 Å². The molecule has 0 aliphatic heterocycles. The van der Waals surface area contributed by atoms with Crippen LogP contribution in [0.15, 0.2) is 24.3 Å². The summed E-state index contributed by atoms with van der Waals surface area (Å²) in [5.41, 5.74) is 2.66. The van der Waals surface area contributed by atoms with Gasteiger partial charge in [-0.3, -0.25) is 9.69 Å². The number of carboxylic acids is 1. The van der Waals surface area contributed by atoms with Gasteiger partial charge in [-0.15, -0.1) is 0 Å². The minimum absolute atomic E-state index is 0.410. The summed E-state index contributed by atoms with van der Waals surface area (Å²) in [4.78, 5) is 12.7. The molecule has 0 aliphatic rings. The minimum Gasteiger partial charge on any atom is -0.480 e. The van der Waals surface area contributed by atoms with Crippen molar-refractivity contribution in [2.24, 2.45) is 0 Å². The largest absolute Gasteiger partial charge is 0.480 e. The first kappa shape index (κ1) is 13.7. The van der Waals surface area contributed by atoms with Crippen LogP contribution in [0.4, 0.5) is 0 Å². The third kappa shape index (κ3) is 4.19. The molecule has 1 rings (SSSR count). The number of carboxylic acid groups (broad SMARTS) is 1. The van der Waals surface area contributed by atoms with Gasteiger partial charge in [0.15, 0.2) is 0 Å². The molecule has 1 aromatic carbocycles. The van der Waals surface area contributed by atoms with E-state index in [9.17, 15) is 4.79 Å². The quantitative estimate of drug-likeness (QED) is 0.822. The molecule has 0 saturated carbocycles. The van der Waals surface area contributed by atoms with Crippen molar-refractivity contribution in [3.63, 3.8) is 0 Å². The standard InChI is InChI=1S/C14H21NO2/c1-11-7-4-5-8-13(11)9-6-10-15(3)12(2)14(16)17/h4-5,7-8,12H,6,9-10H2,1-3H3,(H,16,17). The van der Waals surface area contributed by atoms with Gasteiger partial charge in [0.2, 0.25) is 0 Å². The van der Waals surface area contributed by atoms with Crippen molar-refractivity contribution < 1.29 is 9.90 Å². The number of aliphatic carboxylic acids is 1. The molecule has 3 heteroatoms. The average molecular weight is 235 g/mol. The van der Waals surface area contributed by atoms with Gasteiger partial charge in [0.05, 0.1) is 0 Å². The first-order valence-corrected chi connectivity index (χ1v) is 6.00. The van der Waals surface area contributed by atoms with Crippen molar-refractivity contribution in [3.8, 4) is 0 Å². The van der Waals surface area contributed by atoms with Gasteiger partial charge in [-0.25, -0.2) is 0 Å². The molecule has 3 nitrogen and oxygen atoms in total. The molecule has 0 saturated heterocycles. The van der Waals surface area contributed by atoms with Crippen LogP contribution in [-0.4, -0.2) is 35.6 Å². The van der Waals surface area contributed by atoms with Gasteiger partial charge in [0, 0.05) is 0 Å². The topological polar surface area (TPSA) is 40.5 Å². The van der Waals surface area contributed by atoms with E-state index in [-0.39, 0.29) is 0 Å². The number of hydrogen-bond donors (Lipinski definition) is 1. The highest BCUT2D eigenvalue weighted by Crippen LogP contribution is 2.10. The molecule has 1 atom stereocenters. The smallest absolute Gasteiger partial charge is 0.320 e. The van der Waals surface area contributed by atoms with E-state index >= 15 is 0 Å². The first-order chi connectivity index (χ1) is 8.02. The normalized spacial score (nSPS) is 12.7. The fraction of sp³-hybridized carbons (Fsp3) is 0.500. The van der Waals surface area contributed by atoms with Crippen LogP contribution in [0.5, 0.6) is 0 Å². The van der Waals surface area contributed by atoms with Gasteiger partial charge >= 0.3 is 5.97 Å². The lowest BCUT2D eigenvalue weighted by molar-refractivity contribution is -0.142. The third-order valence-electron chi connectivity index (χ3n) is 3.24. The molecule has 0 heterocycles. The molecule has 0 aromatic heterocycles. The van der Waals surface area contributed by atoms with Crippen molar-refractivity contribution in [1.82, 2.24) is 4.90 Å². The second kappa shape index (κ2) is 6.40. The van der Waals surface area contributed by atoms with E-state index < -0.39 is 12.0 Å². The van der Waals surface area contributed by atoms with Crippen LogP contribution in [-0.2, 0) is 11.2 Å². The molecule has 94 valence electrons. The van der Waals surface area contributed by atoms with Crippen LogP contribution in [0.3, 0.4) is 0 Å². The van der Waals surface area contributed by atoms with E-state index in [4.69, 9.17) is 5.11 Å². The fourth-order valence-electron chi connectivity index (χ4n) is 1.79. The Morgan fingerprint density at radius 2 is 2.06 bits per heavy atom. The lowest BCUT2D eigenvalue weighted by atomic mass is 10.0. The Bertz CT molecular complexity index is 376. The summed E-state index contributed by atoms with van der Waals surface area (Å²) in [7, 11) is 1.86. The van der Waals surface area contributed by atoms with E-state index in [1.54, 1.807) is 6.92 Å². The lowest BCUT2D eigenvalue weighted by Gasteiger charge is -2.20. The van der Waals surface area contributed by atoms with Crippen molar-refractivity contribution in [1.29, 1.82) is 0 Å². The summed E-state index contributed by atoms with van der Waals surface area (Å²) >= 11 is 0. The van der Waals surface area contributed by atoms with Crippen LogP contribution >= 0.6 is 0 Å². The molecule has 1 N–H and O–H groups in total. The summed E-state index contributed by atoms with van der Waals surface area (Å²) < 4.78 is 0. The van der Waals surface area contributed by atoms with Gasteiger partial charge in [0.25, 0.3) is 0 Å². The Kier molecular flexibility index (Phi) is 5.16. The zero-order valence-corrected chi connectivity index (χ0v) is 10.8. The summed E-state index contributed by atoms with van der Waals surface area (Å²) in [5.74, 6) is -0.761. The second-order valence-electron chi connectivity index (χ2n) is 4.52. The summed E-state index contributed by atoms with van der Waals surface area (Å²) in [6.07, 6.45) is 1.99. The van der Waals surface area contributed by atoms with Gasteiger partial charge in [-0.05, 0) is 51.4 Å². The average Bonchev–Trinajstić information content (AvgIpc) is 2.30. The molecule has 0 bridgehead atoms. The maximum Gasteiger partial charge on any atom is 0.320 e. The molecular weight excluding hydrogens is 214 g/mol. The zero-order chi connectivity index (χ0) is 12.8. The molecule has 0 spiro atoms. The van der Waals surface area contributed by atoms with E-state index in [0.29, 0.717) is 0 Å². The first-order valence-electron chi connectivity index (χ1n) is 6.00. The Hall–Kier alpha value is -1.35. The number of rotatable bonds is 6. The number of hydrogen-bond acceptors (Lipinski definition) is 2. The number of carbonyl (C=O) groups is 1. The molecule has 0 fully saturated rings. The molecule has 1 unspecified atom stereocenters. The van der Waals surface area contributed by atoms with Crippen molar-refractivity contribution >= 4 is 5.97 Å². The molecule has 0 radical (unpaired) electrons. The summed E-state index contributed by atoms with van der Waals surface area (Å²) in [5, 5.41) is 8.87. The lowest BCUT2D eigenvalue weighted by Crippen LogP contribution is -2.36. The van der Waals surface area contributed by atoms with Crippen LogP contribution in [0, 0.1) is 6.92 Å². The molecule has 1 aromatic rings. The van der Waals surface area contributed by atoms with Crippen LogP contribution in [0.25, 0.3) is 0 Å². The summed E-state index contributed by atoms with van der Waals surface area (Å²) in [6.45, 7) is 4.64. The Labute approximate surface area is 103 Å². The Morgan fingerprint density at radius 3 is 2.65 bits per heavy atom. The number of likely N-dealkylation sites (N-methyl/N-ethyl adjacent to an activating group) is 1. The highest BCUT2D eigenvalue weighted by Gasteiger charge is 2.15. The van der Waals surface area contributed by atoms with E-state index in [0.717, 1.165) is 19.4 Å². The minimum atomic E-state index is -0.761. The molecule has 0 aliphatic carbocycles. The SMILES string of the molecule is Cc1ccccc1CCCN(C)C(C)C(=O)O. The van der Waals surface area contributed by atoms with Gasteiger partial charge in [-0.1, -0.05) is 24.3 Å². The Morgan fingerprint density at radius 1 is 1.41 bits per heavy atom. The maximum atomic E-state index is 10.8. The monoisotopic (exact) mass is 235 g/mol. The van der Waals surface area contributed by atoms with Crippen LogP contribution in [0.1, 0.15) is 24.5 Å². The highest BCUT2D eigenvalue weighted by atomic mass is 16.4. The summed E-state index contributed by atoms with van der Waals surface area (Å²) in [6, 6.07) is 7.92. The second-order valence-corrected chi connectivity index (χ2v) is 4.52. The Balaban J connectivity index is 2.38. The van der Waals surface area contributed by atoms with E-state index in [2.05, 4.69) is 19.1 Å². The van der Waals surface area contributed by atoms with Gasteiger partial charge < -0.3 is 5.11 Å². The third-order valence-corrected chi connectivity index (χ3v) is 3.24. The molecule has 0 amide bonds. The number of aryl methyl sites for hydroxylation is 2.